The minimum Gasteiger partial charge on any atom is -0.491 e. The summed E-state index contributed by atoms with van der Waals surface area (Å²) in [6.45, 7) is 2.66. The van der Waals surface area contributed by atoms with Crippen LogP contribution >= 0.6 is 0 Å². The molecule has 32 heavy (non-hydrogen) atoms. The molecule has 1 fully saturated rings. The fraction of sp³-hybridized carbons (Fsp3) is 0.500. The summed E-state index contributed by atoms with van der Waals surface area (Å²) in [6.07, 6.45) is -2.40. The van der Waals surface area contributed by atoms with Crippen molar-refractivity contribution in [3.05, 3.63) is 36.4 Å². The smallest absolute Gasteiger partial charge is 0.437 e. The number of aromatic nitrogens is 5. The third-order valence-electron chi connectivity index (χ3n) is 5.23. The molecule has 7 nitrogen and oxygen atoms in total. The molecular weight excluding hydrogens is 435 g/mol. The number of rotatable bonds is 6. The zero-order chi connectivity index (χ0) is 22.9. The van der Waals surface area contributed by atoms with Gasteiger partial charge in [-0.15, -0.1) is 0 Å². The summed E-state index contributed by atoms with van der Waals surface area (Å²) in [5.41, 5.74) is -0.376. The molecule has 1 aliphatic heterocycles. The van der Waals surface area contributed by atoms with E-state index in [0.29, 0.717) is 24.4 Å². The van der Waals surface area contributed by atoms with Gasteiger partial charge in [0.15, 0.2) is 11.3 Å². The summed E-state index contributed by atoms with van der Waals surface area (Å²) in [7, 11) is 0. The molecule has 4 rings (SSSR count). The molecule has 0 unspecified atom stereocenters. The van der Waals surface area contributed by atoms with E-state index in [2.05, 4.69) is 20.1 Å². The van der Waals surface area contributed by atoms with Crippen LogP contribution < -0.4 is 9.64 Å². The van der Waals surface area contributed by atoms with E-state index in [-0.39, 0.29) is 29.8 Å². The summed E-state index contributed by atoms with van der Waals surface area (Å²) in [6, 6.07) is 2.65. The van der Waals surface area contributed by atoms with Crippen molar-refractivity contribution in [1.82, 2.24) is 24.7 Å². The molecule has 0 radical (unpaired) electrons. The Morgan fingerprint density at radius 3 is 2.75 bits per heavy atom. The largest absolute Gasteiger partial charge is 0.491 e. The van der Waals surface area contributed by atoms with E-state index in [1.54, 1.807) is 6.20 Å². The summed E-state index contributed by atoms with van der Waals surface area (Å²) >= 11 is 0. The summed E-state index contributed by atoms with van der Waals surface area (Å²) in [5, 5.41) is 3.92. The highest BCUT2D eigenvalue weighted by molar-refractivity contribution is 5.71. The number of hydrogen-bond donors (Lipinski definition) is 0. The van der Waals surface area contributed by atoms with E-state index in [0.717, 1.165) is 17.3 Å². The second-order valence-corrected chi connectivity index (χ2v) is 7.93. The fourth-order valence-corrected chi connectivity index (χ4v) is 3.97. The number of alkyl halides is 5. The summed E-state index contributed by atoms with van der Waals surface area (Å²) in [4.78, 5) is 14.1. The van der Waals surface area contributed by atoms with Gasteiger partial charge in [0.1, 0.15) is 23.6 Å². The Bertz CT molecular complexity index is 1070. The van der Waals surface area contributed by atoms with Crippen molar-refractivity contribution >= 4 is 17.0 Å². The van der Waals surface area contributed by atoms with Gasteiger partial charge in [-0.1, -0.05) is 6.92 Å². The van der Waals surface area contributed by atoms with Crippen molar-refractivity contribution in [1.29, 1.82) is 0 Å². The lowest BCUT2D eigenvalue weighted by Gasteiger charge is -2.37. The van der Waals surface area contributed by atoms with Gasteiger partial charge in [0, 0.05) is 25.2 Å². The first kappa shape index (κ1) is 22.2. The van der Waals surface area contributed by atoms with E-state index < -0.39 is 24.8 Å². The summed E-state index contributed by atoms with van der Waals surface area (Å²) < 4.78 is 71.7. The number of anilines is 1. The molecule has 3 aromatic heterocycles. The zero-order valence-corrected chi connectivity index (χ0v) is 17.1. The van der Waals surface area contributed by atoms with Gasteiger partial charge in [0.2, 0.25) is 0 Å². The van der Waals surface area contributed by atoms with Crippen LogP contribution in [0.3, 0.4) is 0 Å². The highest BCUT2D eigenvalue weighted by Crippen LogP contribution is 2.35. The molecule has 1 saturated heterocycles. The molecule has 0 aliphatic carbocycles. The van der Waals surface area contributed by atoms with Gasteiger partial charge in [-0.25, -0.2) is 28.4 Å². The molecule has 0 saturated carbocycles. The minimum absolute atomic E-state index is 0.0662. The highest BCUT2D eigenvalue weighted by atomic mass is 19.4. The average molecular weight is 456 g/mol. The van der Waals surface area contributed by atoms with Crippen LogP contribution in [0.5, 0.6) is 5.75 Å². The standard InChI is InChI=1S/C20H21F5N6O/c1-12-5-13(11-32-15-3-2-4-26-18(15)20(23,24)25)9-30(8-12)17-7-27-14-6-28-31(10-16(21)22)19(14)29-17/h2-4,6-7,12-13,16H,5,8-11H2,1H3/t12-,13-/m0/s1. The average Bonchev–Trinajstić information content (AvgIpc) is 3.13. The lowest BCUT2D eigenvalue weighted by atomic mass is 9.91. The first-order chi connectivity index (χ1) is 15.2. The third kappa shape index (κ3) is 4.89. The normalized spacial score (nSPS) is 19.7. The Kier molecular flexibility index (Phi) is 6.11. The van der Waals surface area contributed by atoms with E-state index in [1.807, 2.05) is 11.8 Å². The molecule has 0 N–H and O–H groups in total. The number of pyridine rings is 1. The minimum atomic E-state index is -4.60. The lowest BCUT2D eigenvalue weighted by Crippen LogP contribution is -2.42. The monoisotopic (exact) mass is 456 g/mol. The number of nitrogens with zero attached hydrogens (tertiary/aromatic N) is 6. The predicted octanol–water partition coefficient (Wildman–Crippen LogP) is 4.05. The van der Waals surface area contributed by atoms with E-state index in [1.165, 1.54) is 18.3 Å². The Morgan fingerprint density at radius 2 is 2.00 bits per heavy atom. The molecule has 0 aromatic carbocycles. The Hall–Kier alpha value is -3.05. The van der Waals surface area contributed by atoms with Gasteiger partial charge in [-0.2, -0.15) is 18.3 Å². The molecule has 0 spiro atoms. The van der Waals surface area contributed by atoms with Crippen molar-refractivity contribution in [2.45, 2.75) is 32.5 Å². The van der Waals surface area contributed by atoms with Crippen molar-refractivity contribution in [3.8, 4) is 5.75 Å². The maximum atomic E-state index is 13.2. The second-order valence-electron chi connectivity index (χ2n) is 7.93. The van der Waals surface area contributed by atoms with Gasteiger partial charge < -0.3 is 9.64 Å². The van der Waals surface area contributed by atoms with Crippen molar-refractivity contribution in [3.63, 3.8) is 0 Å². The first-order valence-electron chi connectivity index (χ1n) is 10.1. The van der Waals surface area contributed by atoms with Gasteiger partial charge in [-0.3, -0.25) is 0 Å². The fourth-order valence-electron chi connectivity index (χ4n) is 3.97. The SMILES string of the molecule is C[C@H]1C[C@H](COc2cccnc2C(F)(F)F)CN(c2cnc3cnn(CC(F)F)c3n2)C1. The quantitative estimate of drug-likeness (QED) is 0.522. The molecule has 0 bridgehead atoms. The number of halogens is 5. The van der Waals surface area contributed by atoms with Crippen LogP contribution in [-0.2, 0) is 12.7 Å². The molecule has 4 heterocycles. The molecule has 1 aliphatic rings. The van der Waals surface area contributed by atoms with Crippen LogP contribution in [0.25, 0.3) is 11.2 Å². The maximum Gasteiger partial charge on any atom is 0.437 e. The summed E-state index contributed by atoms with van der Waals surface area (Å²) in [5.74, 6) is 0.352. The van der Waals surface area contributed by atoms with Crippen LogP contribution in [-0.4, -0.2) is 50.9 Å². The first-order valence-corrected chi connectivity index (χ1v) is 10.1. The zero-order valence-electron chi connectivity index (χ0n) is 17.1. The number of hydrogen-bond acceptors (Lipinski definition) is 6. The topological polar surface area (TPSA) is 69.0 Å². The van der Waals surface area contributed by atoms with Crippen LogP contribution in [0.15, 0.2) is 30.7 Å². The Morgan fingerprint density at radius 1 is 1.19 bits per heavy atom. The second kappa shape index (κ2) is 8.83. The molecular formula is C20H21F5N6O. The van der Waals surface area contributed by atoms with Gasteiger partial charge in [0.25, 0.3) is 6.43 Å². The molecule has 0 amide bonds. The number of piperidine rings is 1. The predicted molar refractivity (Wildman–Crippen MR) is 106 cm³/mol. The van der Waals surface area contributed by atoms with E-state index in [9.17, 15) is 22.0 Å². The maximum absolute atomic E-state index is 13.2. The van der Waals surface area contributed by atoms with Crippen LogP contribution in [0, 0.1) is 11.8 Å². The Labute approximate surface area is 180 Å². The van der Waals surface area contributed by atoms with Gasteiger partial charge >= 0.3 is 6.18 Å². The molecule has 3 aromatic rings. The van der Waals surface area contributed by atoms with Crippen LogP contribution in [0.4, 0.5) is 27.8 Å². The number of fused-ring (bicyclic) bond motifs is 1. The highest BCUT2D eigenvalue weighted by Gasteiger charge is 2.36. The lowest BCUT2D eigenvalue weighted by molar-refractivity contribution is -0.142. The van der Waals surface area contributed by atoms with Crippen LogP contribution in [0.1, 0.15) is 19.0 Å². The van der Waals surface area contributed by atoms with E-state index in [4.69, 9.17) is 4.74 Å². The molecule has 12 heteroatoms. The van der Waals surface area contributed by atoms with Crippen molar-refractivity contribution < 1.29 is 26.7 Å². The van der Waals surface area contributed by atoms with Crippen LogP contribution in [0.2, 0.25) is 0 Å². The third-order valence-corrected chi connectivity index (χ3v) is 5.23. The number of ether oxygens (including phenoxy) is 1. The Balaban J connectivity index is 1.49. The van der Waals surface area contributed by atoms with E-state index >= 15 is 0 Å². The van der Waals surface area contributed by atoms with Gasteiger partial charge in [-0.05, 0) is 24.5 Å². The van der Waals surface area contributed by atoms with Gasteiger partial charge in [0.05, 0.1) is 19.0 Å². The molecule has 2 atom stereocenters. The van der Waals surface area contributed by atoms with Crippen molar-refractivity contribution in [2.75, 3.05) is 24.6 Å². The molecule has 172 valence electrons. The van der Waals surface area contributed by atoms with Crippen molar-refractivity contribution in [2.24, 2.45) is 11.8 Å².